The molecule has 2 aromatic rings. The second-order valence-electron chi connectivity index (χ2n) is 2.60. The van der Waals surface area contributed by atoms with Crippen LogP contribution in [0.1, 0.15) is 0 Å². The lowest BCUT2D eigenvalue weighted by Crippen LogP contribution is -2.13. The lowest BCUT2D eigenvalue weighted by Gasteiger charge is -2.02. The Hall–Kier alpha value is -1.77. The molecular formula is C9H8N2O. The monoisotopic (exact) mass is 160 g/mol. The minimum atomic E-state index is 0.00676. The van der Waals surface area contributed by atoms with Crippen LogP contribution in [0.25, 0.3) is 10.9 Å². The molecule has 60 valence electrons. The van der Waals surface area contributed by atoms with E-state index in [1.807, 2.05) is 18.2 Å². The lowest BCUT2D eigenvalue weighted by molar-refractivity contribution is 1.04. The quantitative estimate of drug-likeness (QED) is 0.577. The van der Waals surface area contributed by atoms with Gasteiger partial charge in [-0.15, -0.1) is 0 Å². The molecule has 0 amide bonds. The third-order valence-electron chi connectivity index (χ3n) is 1.83. The first kappa shape index (κ1) is 6.91. The molecule has 0 bridgehead atoms. The topological polar surface area (TPSA) is 48.0 Å². The lowest BCUT2D eigenvalue weighted by atomic mass is 10.2. The van der Waals surface area contributed by atoms with Crippen LogP contribution < -0.4 is 11.3 Å². The normalized spacial score (nSPS) is 10.3. The maximum atomic E-state index is 11.3. The summed E-state index contributed by atoms with van der Waals surface area (Å²) in [5.74, 6) is 5.60. The van der Waals surface area contributed by atoms with Gasteiger partial charge in [0.1, 0.15) is 0 Å². The average Bonchev–Trinajstić information content (AvgIpc) is 2.12. The number of nitrogens with two attached hydrogens (primary N) is 1. The fourth-order valence-corrected chi connectivity index (χ4v) is 1.23. The average molecular weight is 160 g/mol. The van der Waals surface area contributed by atoms with Crippen LogP contribution in [-0.2, 0) is 0 Å². The number of hydrogen-bond donors (Lipinski definition) is 1. The molecule has 12 heavy (non-hydrogen) atoms. The number of rotatable bonds is 0. The van der Waals surface area contributed by atoms with Gasteiger partial charge in [-0.25, -0.2) is 0 Å². The van der Waals surface area contributed by atoms with Crippen LogP contribution in [0.15, 0.2) is 41.3 Å². The van der Waals surface area contributed by atoms with Gasteiger partial charge in [0.25, 0.3) is 0 Å². The van der Waals surface area contributed by atoms with Crippen LogP contribution in [0.3, 0.4) is 0 Å². The van der Waals surface area contributed by atoms with Crippen molar-refractivity contribution < 1.29 is 0 Å². The van der Waals surface area contributed by atoms with Crippen molar-refractivity contribution in [2.24, 2.45) is 0 Å². The second kappa shape index (κ2) is 2.37. The highest BCUT2D eigenvalue weighted by Gasteiger charge is 1.97. The van der Waals surface area contributed by atoms with Crippen molar-refractivity contribution in [1.29, 1.82) is 0 Å². The van der Waals surface area contributed by atoms with Gasteiger partial charge in [0, 0.05) is 17.6 Å². The molecule has 0 radical (unpaired) electrons. The van der Waals surface area contributed by atoms with E-state index in [1.54, 1.807) is 12.3 Å². The molecule has 3 nitrogen and oxygen atoms in total. The minimum Gasteiger partial charge on any atom is -0.339 e. The van der Waals surface area contributed by atoms with Crippen molar-refractivity contribution in [2.75, 3.05) is 5.84 Å². The number of benzene rings is 1. The third-order valence-corrected chi connectivity index (χ3v) is 1.83. The predicted molar refractivity (Wildman–Crippen MR) is 48.4 cm³/mol. The van der Waals surface area contributed by atoms with E-state index in [2.05, 4.69) is 0 Å². The zero-order chi connectivity index (χ0) is 8.55. The number of pyridine rings is 1. The van der Waals surface area contributed by atoms with Crippen LogP contribution in [0, 0.1) is 0 Å². The van der Waals surface area contributed by atoms with Crippen LogP contribution >= 0.6 is 0 Å². The second-order valence-corrected chi connectivity index (χ2v) is 2.60. The number of fused-ring (bicyclic) bond motifs is 1. The molecule has 1 aromatic carbocycles. The Labute approximate surface area is 69.0 Å². The maximum absolute atomic E-state index is 11.3. The Bertz CT molecular complexity index is 473. The number of para-hydroxylation sites is 1. The Kier molecular flexibility index (Phi) is 1.37. The van der Waals surface area contributed by atoms with E-state index in [4.69, 9.17) is 5.84 Å². The molecule has 0 aliphatic carbocycles. The van der Waals surface area contributed by atoms with Crippen molar-refractivity contribution in [2.45, 2.75) is 0 Å². The van der Waals surface area contributed by atoms with Gasteiger partial charge in [-0.2, -0.15) is 0 Å². The zero-order valence-electron chi connectivity index (χ0n) is 6.40. The van der Waals surface area contributed by atoms with Gasteiger partial charge in [-0.05, 0) is 12.1 Å². The Morgan fingerprint density at radius 1 is 1.17 bits per heavy atom. The molecule has 0 aliphatic heterocycles. The largest absolute Gasteiger partial charge is 0.339 e. The van der Waals surface area contributed by atoms with E-state index in [-0.39, 0.29) is 5.43 Å². The summed E-state index contributed by atoms with van der Waals surface area (Å²) in [5.41, 5.74) is 0.761. The summed E-state index contributed by atoms with van der Waals surface area (Å²) >= 11 is 0. The smallest absolute Gasteiger partial charge is 0.189 e. The standard InChI is InChI=1S/C9H8N2O/c10-11-6-5-9(12)7-3-1-2-4-8(7)11/h1-6H,10H2. The van der Waals surface area contributed by atoms with E-state index in [1.165, 1.54) is 10.7 Å². The van der Waals surface area contributed by atoms with Crippen molar-refractivity contribution in [1.82, 2.24) is 4.68 Å². The van der Waals surface area contributed by atoms with Crippen LogP contribution in [0.2, 0.25) is 0 Å². The minimum absolute atomic E-state index is 0.00676. The Morgan fingerprint density at radius 2 is 1.92 bits per heavy atom. The van der Waals surface area contributed by atoms with Crippen LogP contribution in [-0.4, -0.2) is 4.68 Å². The molecule has 0 fully saturated rings. The van der Waals surface area contributed by atoms with Gasteiger partial charge >= 0.3 is 0 Å². The van der Waals surface area contributed by atoms with Gasteiger partial charge < -0.3 is 5.84 Å². The molecule has 0 unspecified atom stereocenters. The Morgan fingerprint density at radius 3 is 2.67 bits per heavy atom. The van der Waals surface area contributed by atoms with E-state index in [0.29, 0.717) is 5.39 Å². The van der Waals surface area contributed by atoms with Gasteiger partial charge in [0.2, 0.25) is 0 Å². The summed E-state index contributed by atoms with van der Waals surface area (Å²) in [6.07, 6.45) is 1.56. The van der Waals surface area contributed by atoms with Crippen LogP contribution in [0.5, 0.6) is 0 Å². The number of nitrogens with zero attached hydrogens (tertiary/aromatic N) is 1. The van der Waals surface area contributed by atoms with Gasteiger partial charge in [0.15, 0.2) is 5.43 Å². The first-order valence-corrected chi connectivity index (χ1v) is 3.64. The number of hydrogen-bond acceptors (Lipinski definition) is 2. The van der Waals surface area contributed by atoms with Crippen molar-refractivity contribution >= 4 is 10.9 Å². The summed E-state index contributed by atoms with van der Waals surface area (Å²) < 4.78 is 1.44. The fraction of sp³-hybridized carbons (Fsp3) is 0. The molecule has 2 N–H and O–H groups in total. The first-order chi connectivity index (χ1) is 5.79. The molecule has 0 spiro atoms. The van der Waals surface area contributed by atoms with Gasteiger partial charge in [-0.1, -0.05) is 12.1 Å². The fourth-order valence-electron chi connectivity index (χ4n) is 1.23. The molecule has 1 heterocycles. The summed E-state index contributed by atoms with van der Waals surface area (Å²) in [6, 6.07) is 8.72. The predicted octanol–water partition coefficient (Wildman–Crippen LogP) is 0.715. The molecule has 1 aromatic heterocycles. The van der Waals surface area contributed by atoms with E-state index in [0.717, 1.165) is 5.52 Å². The third kappa shape index (κ3) is 0.871. The highest BCUT2D eigenvalue weighted by Crippen LogP contribution is 2.05. The maximum Gasteiger partial charge on any atom is 0.189 e. The van der Waals surface area contributed by atoms with Crippen molar-refractivity contribution in [3.8, 4) is 0 Å². The van der Waals surface area contributed by atoms with E-state index in [9.17, 15) is 4.79 Å². The van der Waals surface area contributed by atoms with Crippen LogP contribution in [0.4, 0.5) is 0 Å². The van der Waals surface area contributed by atoms with Gasteiger partial charge in [-0.3, -0.25) is 9.47 Å². The number of nitrogen functional groups attached to an aromatic ring is 1. The number of aromatic nitrogens is 1. The summed E-state index contributed by atoms with van der Waals surface area (Å²) in [4.78, 5) is 11.3. The molecule has 3 heteroatoms. The molecule has 0 aliphatic rings. The Balaban J connectivity index is 3.05. The van der Waals surface area contributed by atoms with Crippen molar-refractivity contribution in [3.63, 3.8) is 0 Å². The highest BCUT2D eigenvalue weighted by molar-refractivity contribution is 5.78. The van der Waals surface area contributed by atoms with Gasteiger partial charge in [0.05, 0.1) is 5.52 Å². The van der Waals surface area contributed by atoms with Crippen molar-refractivity contribution in [3.05, 3.63) is 46.8 Å². The summed E-state index contributed by atoms with van der Waals surface area (Å²) in [6.45, 7) is 0. The zero-order valence-corrected chi connectivity index (χ0v) is 6.40. The summed E-state index contributed by atoms with van der Waals surface area (Å²) in [7, 11) is 0. The molecule has 0 saturated carbocycles. The summed E-state index contributed by atoms with van der Waals surface area (Å²) in [5, 5.41) is 0.655. The highest BCUT2D eigenvalue weighted by atomic mass is 16.1. The van der Waals surface area contributed by atoms with E-state index >= 15 is 0 Å². The molecular weight excluding hydrogens is 152 g/mol. The SMILES string of the molecule is Nn1ccc(=O)c2ccccc21. The molecule has 0 saturated heterocycles. The van der Waals surface area contributed by atoms with E-state index < -0.39 is 0 Å². The molecule has 2 rings (SSSR count). The molecule has 0 atom stereocenters. The first-order valence-electron chi connectivity index (χ1n) is 3.64.